The molecule has 0 saturated heterocycles. The van der Waals surface area contributed by atoms with Gasteiger partial charge in [-0.25, -0.2) is 24.1 Å². The molecule has 3 N–H and O–H groups in total. The average molecular weight is 506 g/mol. The minimum atomic E-state index is -1.31. The van der Waals surface area contributed by atoms with E-state index >= 15 is 0 Å². The van der Waals surface area contributed by atoms with Crippen LogP contribution in [0.1, 0.15) is 54.3 Å². The molecule has 2 aromatic heterocycles. The van der Waals surface area contributed by atoms with E-state index in [2.05, 4.69) is 20.3 Å². The van der Waals surface area contributed by atoms with E-state index in [-0.39, 0.29) is 33.4 Å². The molecule has 4 rings (SSSR count). The molecular formula is C26H21ClFN5O3. The monoisotopic (exact) mass is 505 g/mol. The number of nitrogens with one attached hydrogen (secondary N) is 1. The number of nitriles is 1. The number of nitrogens with zero attached hydrogens (tertiary/aromatic N) is 4. The molecule has 1 atom stereocenters. The molecule has 0 radical (unpaired) electrons. The number of rotatable bonds is 6. The number of aliphatic hydroxyl groups is 1. The number of hydrogen-bond acceptors (Lipinski definition) is 7. The Bertz CT molecular complexity index is 1530. The van der Waals surface area contributed by atoms with Crippen molar-refractivity contribution in [3.8, 4) is 17.2 Å². The van der Waals surface area contributed by atoms with Crippen molar-refractivity contribution in [3.05, 3.63) is 82.3 Å². The lowest BCUT2D eigenvalue weighted by Crippen LogP contribution is -2.19. The van der Waals surface area contributed by atoms with E-state index in [0.717, 1.165) is 0 Å². The normalized spacial score (nSPS) is 12.2. The van der Waals surface area contributed by atoms with Crippen LogP contribution in [0.25, 0.3) is 22.0 Å². The van der Waals surface area contributed by atoms with Gasteiger partial charge in [-0.05, 0) is 56.7 Å². The lowest BCUT2D eigenvalue weighted by Gasteiger charge is -2.20. The molecule has 2 aromatic carbocycles. The summed E-state index contributed by atoms with van der Waals surface area (Å²) in [5, 5.41) is 32.4. The molecule has 182 valence electrons. The number of benzene rings is 2. The molecule has 36 heavy (non-hydrogen) atoms. The van der Waals surface area contributed by atoms with Gasteiger partial charge in [0.15, 0.2) is 11.5 Å². The summed E-state index contributed by atoms with van der Waals surface area (Å²) in [6.45, 7) is 4.84. The van der Waals surface area contributed by atoms with Gasteiger partial charge in [-0.2, -0.15) is 5.26 Å². The van der Waals surface area contributed by atoms with E-state index in [9.17, 15) is 24.7 Å². The van der Waals surface area contributed by atoms with Crippen LogP contribution in [0.15, 0.2) is 48.8 Å². The first-order valence-electron chi connectivity index (χ1n) is 10.9. The van der Waals surface area contributed by atoms with Crippen molar-refractivity contribution in [1.29, 1.82) is 5.26 Å². The number of carbonyl (C=O) groups is 1. The Labute approximate surface area is 211 Å². The summed E-state index contributed by atoms with van der Waals surface area (Å²) in [5.41, 5.74) is 0.912. The van der Waals surface area contributed by atoms with Crippen LogP contribution in [0.4, 0.5) is 10.1 Å². The number of aromatic carboxylic acids is 1. The second kappa shape index (κ2) is 9.49. The highest BCUT2D eigenvalue weighted by Gasteiger charge is 2.22. The van der Waals surface area contributed by atoms with Gasteiger partial charge in [-0.15, -0.1) is 0 Å². The Kier molecular flexibility index (Phi) is 6.59. The van der Waals surface area contributed by atoms with Crippen molar-refractivity contribution in [2.24, 2.45) is 0 Å². The lowest BCUT2D eigenvalue weighted by molar-refractivity contribution is 0.0681. The second-order valence-corrected chi connectivity index (χ2v) is 9.13. The summed E-state index contributed by atoms with van der Waals surface area (Å²) < 4.78 is 14.6. The molecule has 0 spiro atoms. The van der Waals surface area contributed by atoms with Crippen LogP contribution in [0, 0.1) is 17.1 Å². The molecule has 8 nitrogen and oxygen atoms in total. The number of anilines is 1. The fourth-order valence-electron chi connectivity index (χ4n) is 3.73. The van der Waals surface area contributed by atoms with Crippen LogP contribution in [0.5, 0.6) is 0 Å². The van der Waals surface area contributed by atoms with Crippen molar-refractivity contribution in [1.82, 2.24) is 15.0 Å². The Balaban J connectivity index is 1.84. The van der Waals surface area contributed by atoms with Crippen molar-refractivity contribution in [3.63, 3.8) is 0 Å². The summed E-state index contributed by atoms with van der Waals surface area (Å²) in [6.07, 6.45) is 3.14. The first kappa shape index (κ1) is 25.0. The summed E-state index contributed by atoms with van der Waals surface area (Å²) in [5.74, 6) is -1.57. The summed E-state index contributed by atoms with van der Waals surface area (Å²) in [4.78, 5) is 24.5. The van der Waals surface area contributed by atoms with Crippen molar-refractivity contribution in [2.75, 3.05) is 5.32 Å². The molecule has 0 aliphatic carbocycles. The first-order valence-corrected chi connectivity index (χ1v) is 11.2. The summed E-state index contributed by atoms with van der Waals surface area (Å²) in [7, 11) is 0. The van der Waals surface area contributed by atoms with Crippen LogP contribution in [0.3, 0.4) is 0 Å². The topological polar surface area (TPSA) is 132 Å². The lowest BCUT2D eigenvalue weighted by atomic mass is 10.0. The minimum absolute atomic E-state index is 0.135. The van der Waals surface area contributed by atoms with Crippen LogP contribution in [0.2, 0.25) is 5.02 Å². The zero-order valence-corrected chi connectivity index (χ0v) is 20.3. The van der Waals surface area contributed by atoms with Gasteiger partial charge >= 0.3 is 5.97 Å². The largest absolute Gasteiger partial charge is 0.476 e. The number of halogens is 2. The smallest absolute Gasteiger partial charge is 0.356 e. The van der Waals surface area contributed by atoms with Gasteiger partial charge in [0.05, 0.1) is 33.9 Å². The fourth-order valence-corrected chi connectivity index (χ4v) is 4.01. The molecule has 0 saturated carbocycles. The van der Waals surface area contributed by atoms with Crippen LogP contribution in [-0.2, 0) is 5.60 Å². The minimum Gasteiger partial charge on any atom is -0.476 e. The van der Waals surface area contributed by atoms with Crippen LogP contribution in [-0.4, -0.2) is 31.1 Å². The molecule has 0 fully saturated rings. The van der Waals surface area contributed by atoms with Gasteiger partial charge in [0, 0.05) is 28.9 Å². The second-order valence-electron chi connectivity index (χ2n) is 8.75. The van der Waals surface area contributed by atoms with Gasteiger partial charge < -0.3 is 15.5 Å². The molecular weight excluding hydrogens is 485 g/mol. The predicted octanol–water partition coefficient (Wildman–Crippen LogP) is 5.45. The molecule has 0 bridgehead atoms. The maximum Gasteiger partial charge on any atom is 0.356 e. The third-order valence-electron chi connectivity index (χ3n) is 5.61. The Hall–Kier alpha value is -4.13. The zero-order chi connectivity index (χ0) is 26.2. The highest BCUT2D eigenvalue weighted by molar-refractivity contribution is 6.37. The molecule has 0 aliphatic heterocycles. The highest BCUT2D eigenvalue weighted by atomic mass is 35.5. The van der Waals surface area contributed by atoms with Crippen LogP contribution < -0.4 is 5.32 Å². The Morgan fingerprint density at radius 1 is 1.17 bits per heavy atom. The fraction of sp³-hybridized carbons (Fsp3) is 0.192. The van der Waals surface area contributed by atoms with E-state index in [4.69, 9.17) is 11.6 Å². The quantitative estimate of drug-likeness (QED) is 0.315. The first-order chi connectivity index (χ1) is 17.0. The van der Waals surface area contributed by atoms with Crippen molar-refractivity contribution < 1.29 is 19.4 Å². The van der Waals surface area contributed by atoms with E-state index in [1.165, 1.54) is 18.2 Å². The number of fused-ring (bicyclic) bond motifs is 1. The standard InChI is InChI=1S/C26H21ClFN5O3/c1-13(17-8-14(10-29)4-6-19(17)28)32-22-18-9-15(16-11-30-25(31-12-16)26(2,3)36)5-7-20(18)33-23(21(22)27)24(34)35/h4-9,11-13,36H,1-3H3,(H,32,33)(H,34,35)/t13-/m1/s1. The SMILES string of the molecule is C[C@@H](Nc1c(Cl)c(C(=O)O)nc2ccc(-c3cnc(C(C)(C)O)nc3)cc12)c1cc(C#N)ccc1F. The van der Waals surface area contributed by atoms with E-state index in [1.54, 1.807) is 51.4 Å². The summed E-state index contributed by atoms with van der Waals surface area (Å²) in [6, 6.07) is 10.5. The van der Waals surface area contributed by atoms with E-state index in [1.807, 2.05) is 6.07 Å². The molecule has 2 heterocycles. The predicted molar refractivity (Wildman–Crippen MR) is 133 cm³/mol. The average Bonchev–Trinajstić information content (AvgIpc) is 2.84. The van der Waals surface area contributed by atoms with Gasteiger partial charge in [0.1, 0.15) is 11.4 Å². The third-order valence-corrected chi connectivity index (χ3v) is 5.98. The van der Waals surface area contributed by atoms with E-state index in [0.29, 0.717) is 22.0 Å². The maximum atomic E-state index is 14.6. The van der Waals surface area contributed by atoms with Crippen LogP contribution >= 0.6 is 11.6 Å². The number of carboxylic acid groups (broad SMARTS) is 1. The number of hydrogen-bond donors (Lipinski definition) is 3. The molecule has 4 aromatic rings. The van der Waals surface area contributed by atoms with Crippen molar-refractivity contribution in [2.45, 2.75) is 32.4 Å². The number of carboxylic acids is 1. The number of pyridine rings is 1. The maximum absolute atomic E-state index is 14.6. The molecule has 0 unspecified atom stereocenters. The highest BCUT2D eigenvalue weighted by Crippen LogP contribution is 2.37. The molecule has 0 aliphatic rings. The summed E-state index contributed by atoms with van der Waals surface area (Å²) >= 11 is 6.48. The van der Waals surface area contributed by atoms with Gasteiger partial charge in [-0.3, -0.25) is 0 Å². The number of aromatic nitrogens is 3. The molecule has 10 heteroatoms. The van der Waals surface area contributed by atoms with Gasteiger partial charge in [0.25, 0.3) is 0 Å². The molecule has 0 amide bonds. The van der Waals surface area contributed by atoms with Gasteiger partial charge in [-0.1, -0.05) is 17.7 Å². The Morgan fingerprint density at radius 2 is 1.86 bits per heavy atom. The van der Waals surface area contributed by atoms with Gasteiger partial charge in [0.2, 0.25) is 0 Å². The third kappa shape index (κ3) is 4.82. The Morgan fingerprint density at radius 3 is 2.47 bits per heavy atom. The zero-order valence-electron chi connectivity index (χ0n) is 19.5. The van der Waals surface area contributed by atoms with Crippen molar-refractivity contribution >= 4 is 34.2 Å². The van der Waals surface area contributed by atoms with E-state index < -0.39 is 23.4 Å².